The standard InChI is InChI=1S/C14H32N2/c1-6-15-11-9-7-8-10-12-16(5)14(4)13(2)3/h13-15H,6-12H2,1-5H3. The first-order valence-corrected chi connectivity index (χ1v) is 7.00. The van der Waals surface area contributed by atoms with Gasteiger partial charge in [0.1, 0.15) is 0 Å². The second-order valence-corrected chi connectivity index (χ2v) is 5.23. The van der Waals surface area contributed by atoms with Crippen LogP contribution in [0.3, 0.4) is 0 Å². The van der Waals surface area contributed by atoms with Crippen molar-refractivity contribution < 1.29 is 0 Å². The largest absolute Gasteiger partial charge is 0.317 e. The number of hydrogen-bond donors (Lipinski definition) is 1. The van der Waals surface area contributed by atoms with Gasteiger partial charge in [-0.1, -0.05) is 33.6 Å². The van der Waals surface area contributed by atoms with Crippen molar-refractivity contribution in [2.24, 2.45) is 5.92 Å². The summed E-state index contributed by atoms with van der Waals surface area (Å²) in [4.78, 5) is 2.49. The van der Waals surface area contributed by atoms with Crippen LogP contribution in [0.15, 0.2) is 0 Å². The third-order valence-corrected chi connectivity index (χ3v) is 3.52. The van der Waals surface area contributed by atoms with Gasteiger partial charge in [-0.3, -0.25) is 0 Å². The summed E-state index contributed by atoms with van der Waals surface area (Å²) in [7, 11) is 2.25. The predicted molar refractivity (Wildman–Crippen MR) is 73.9 cm³/mol. The lowest BCUT2D eigenvalue weighted by atomic mass is 10.0. The third-order valence-electron chi connectivity index (χ3n) is 3.52. The van der Waals surface area contributed by atoms with Gasteiger partial charge in [0.2, 0.25) is 0 Å². The molecule has 0 amide bonds. The van der Waals surface area contributed by atoms with Crippen LogP contribution in [-0.4, -0.2) is 37.6 Å². The van der Waals surface area contributed by atoms with E-state index in [1.807, 2.05) is 0 Å². The Balaban J connectivity index is 3.31. The van der Waals surface area contributed by atoms with E-state index in [9.17, 15) is 0 Å². The molecule has 0 rings (SSSR count). The fourth-order valence-corrected chi connectivity index (χ4v) is 1.85. The van der Waals surface area contributed by atoms with E-state index in [4.69, 9.17) is 0 Å². The van der Waals surface area contributed by atoms with Crippen LogP contribution < -0.4 is 5.32 Å². The zero-order valence-electron chi connectivity index (χ0n) is 12.1. The highest BCUT2D eigenvalue weighted by molar-refractivity contribution is 4.66. The molecule has 0 spiro atoms. The van der Waals surface area contributed by atoms with Crippen molar-refractivity contribution in [2.75, 3.05) is 26.7 Å². The molecule has 1 atom stereocenters. The van der Waals surface area contributed by atoms with Gasteiger partial charge in [0.15, 0.2) is 0 Å². The fourth-order valence-electron chi connectivity index (χ4n) is 1.85. The average molecular weight is 228 g/mol. The van der Waals surface area contributed by atoms with E-state index in [1.54, 1.807) is 0 Å². The predicted octanol–water partition coefficient (Wildman–Crippen LogP) is 3.13. The topological polar surface area (TPSA) is 15.3 Å². The normalized spacial score (nSPS) is 13.7. The summed E-state index contributed by atoms with van der Waals surface area (Å²) in [6.45, 7) is 12.6. The molecule has 0 saturated heterocycles. The van der Waals surface area contributed by atoms with E-state index in [-0.39, 0.29) is 0 Å². The fraction of sp³-hybridized carbons (Fsp3) is 1.00. The summed E-state index contributed by atoms with van der Waals surface area (Å²) in [6, 6.07) is 0.710. The molecule has 1 N–H and O–H groups in total. The Bertz CT molecular complexity index is 146. The minimum absolute atomic E-state index is 0.710. The number of unbranched alkanes of at least 4 members (excludes halogenated alkanes) is 3. The zero-order chi connectivity index (χ0) is 12.4. The average Bonchev–Trinajstić information content (AvgIpc) is 2.26. The van der Waals surface area contributed by atoms with Gasteiger partial charge in [-0.25, -0.2) is 0 Å². The number of hydrogen-bond acceptors (Lipinski definition) is 2. The van der Waals surface area contributed by atoms with Crippen LogP contribution in [0, 0.1) is 5.92 Å². The van der Waals surface area contributed by atoms with Gasteiger partial charge in [0.25, 0.3) is 0 Å². The first-order chi connectivity index (χ1) is 7.59. The maximum atomic E-state index is 3.37. The molecule has 98 valence electrons. The molecule has 0 aromatic rings. The Morgan fingerprint density at radius 1 is 1.00 bits per heavy atom. The van der Waals surface area contributed by atoms with E-state index in [0.717, 1.165) is 12.5 Å². The SMILES string of the molecule is CCNCCCCCCN(C)C(C)C(C)C. The highest BCUT2D eigenvalue weighted by Gasteiger charge is 2.11. The van der Waals surface area contributed by atoms with Crippen LogP contribution in [0.4, 0.5) is 0 Å². The molecule has 0 saturated carbocycles. The molecule has 0 heterocycles. The van der Waals surface area contributed by atoms with Crippen molar-refractivity contribution in [3.63, 3.8) is 0 Å². The lowest BCUT2D eigenvalue weighted by Crippen LogP contribution is -2.33. The molecule has 0 aromatic heterocycles. The summed E-state index contributed by atoms with van der Waals surface area (Å²) in [6.07, 6.45) is 5.43. The zero-order valence-corrected chi connectivity index (χ0v) is 12.1. The molecule has 2 heteroatoms. The summed E-state index contributed by atoms with van der Waals surface area (Å²) in [5.74, 6) is 0.763. The molecule has 1 unspecified atom stereocenters. The van der Waals surface area contributed by atoms with Crippen LogP contribution in [0.2, 0.25) is 0 Å². The van der Waals surface area contributed by atoms with Gasteiger partial charge in [-0.15, -0.1) is 0 Å². The molecular weight excluding hydrogens is 196 g/mol. The van der Waals surface area contributed by atoms with Crippen molar-refractivity contribution in [3.05, 3.63) is 0 Å². The lowest BCUT2D eigenvalue weighted by Gasteiger charge is -2.27. The van der Waals surface area contributed by atoms with Crippen molar-refractivity contribution in [1.82, 2.24) is 10.2 Å². The molecule has 0 radical (unpaired) electrons. The van der Waals surface area contributed by atoms with E-state index >= 15 is 0 Å². The maximum absolute atomic E-state index is 3.37. The molecular formula is C14H32N2. The van der Waals surface area contributed by atoms with Crippen LogP contribution in [0.5, 0.6) is 0 Å². The van der Waals surface area contributed by atoms with Crippen LogP contribution >= 0.6 is 0 Å². The van der Waals surface area contributed by atoms with Crippen LogP contribution in [-0.2, 0) is 0 Å². The Morgan fingerprint density at radius 2 is 1.62 bits per heavy atom. The molecule has 0 aromatic carbocycles. The van der Waals surface area contributed by atoms with Gasteiger partial charge >= 0.3 is 0 Å². The van der Waals surface area contributed by atoms with Crippen molar-refractivity contribution >= 4 is 0 Å². The van der Waals surface area contributed by atoms with Gasteiger partial charge in [-0.2, -0.15) is 0 Å². The minimum Gasteiger partial charge on any atom is -0.317 e. The minimum atomic E-state index is 0.710. The van der Waals surface area contributed by atoms with Crippen molar-refractivity contribution in [2.45, 2.75) is 59.4 Å². The number of nitrogens with zero attached hydrogens (tertiary/aromatic N) is 1. The monoisotopic (exact) mass is 228 g/mol. The van der Waals surface area contributed by atoms with E-state index < -0.39 is 0 Å². The Morgan fingerprint density at radius 3 is 2.19 bits per heavy atom. The summed E-state index contributed by atoms with van der Waals surface area (Å²) >= 11 is 0. The lowest BCUT2D eigenvalue weighted by molar-refractivity contribution is 0.204. The van der Waals surface area contributed by atoms with Crippen LogP contribution in [0.1, 0.15) is 53.4 Å². The third kappa shape index (κ3) is 8.12. The van der Waals surface area contributed by atoms with Gasteiger partial charge in [0.05, 0.1) is 0 Å². The molecule has 16 heavy (non-hydrogen) atoms. The highest BCUT2D eigenvalue weighted by atomic mass is 15.1. The molecule has 2 nitrogen and oxygen atoms in total. The number of nitrogens with one attached hydrogen (secondary N) is 1. The molecule has 0 aliphatic heterocycles. The highest BCUT2D eigenvalue weighted by Crippen LogP contribution is 2.09. The summed E-state index contributed by atoms with van der Waals surface area (Å²) in [5.41, 5.74) is 0. The Kier molecular flexibility index (Phi) is 10.0. The smallest absolute Gasteiger partial charge is 0.00868 e. The van der Waals surface area contributed by atoms with Gasteiger partial charge in [0, 0.05) is 6.04 Å². The maximum Gasteiger partial charge on any atom is 0.00868 e. The second-order valence-electron chi connectivity index (χ2n) is 5.23. The van der Waals surface area contributed by atoms with E-state index in [0.29, 0.717) is 6.04 Å². The van der Waals surface area contributed by atoms with Gasteiger partial charge < -0.3 is 10.2 Å². The van der Waals surface area contributed by atoms with Gasteiger partial charge in [-0.05, 0) is 52.4 Å². The number of rotatable bonds is 10. The summed E-state index contributed by atoms with van der Waals surface area (Å²) < 4.78 is 0. The van der Waals surface area contributed by atoms with E-state index in [2.05, 4.69) is 45.0 Å². The molecule has 0 fully saturated rings. The molecule has 0 aliphatic rings. The quantitative estimate of drug-likeness (QED) is 0.578. The van der Waals surface area contributed by atoms with Crippen LogP contribution in [0.25, 0.3) is 0 Å². The first-order valence-electron chi connectivity index (χ1n) is 7.00. The Hall–Kier alpha value is -0.0800. The Labute approximate surface area is 103 Å². The first kappa shape index (κ1) is 15.9. The van der Waals surface area contributed by atoms with Crippen molar-refractivity contribution in [3.8, 4) is 0 Å². The second kappa shape index (κ2) is 10.1. The summed E-state index contributed by atoms with van der Waals surface area (Å²) in [5, 5.41) is 3.37. The molecule has 0 aliphatic carbocycles. The van der Waals surface area contributed by atoms with Crippen molar-refractivity contribution in [1.29, 1.82) is 0 Å². The molecule has 0 bridgehead atoms. The van der Waals surface area contributed by atoms with E-state index in [1.165, 1.54) is 38.8 Å².